The number of nitrogens with zero attached hydrogens (tertiary/aromatic N) is 1. The molecular weight excluding hydrogens is 348 g/mol. The highest BCUT2D eigenvalue weighted by Crippen LogP contribution is 2.42. The van der Waals surface area contributed by atoms with Crippen molar-refractivity contribution in [2.45, 2.75) is 12.8 Å². The molecule has 0 fully saturated rings. The number of rotatable bonds is 1. The third-order valence-electron chi connectivity index (χ3n) is 4.77. The summed E-state index contributed by atoms with van der Waals surface area (Å²) in [7, 11) is 0. The van der Waals surface area contributed by atoms with Crippen LogP contribution in [0.1, 0.15) is 11.1 Å². The summed E-state index contributed by atoms with van der Waals surface area (Å²) in [5, 5.41) is 0.784. The number of aromatic nitrogens is 2. The molecule has 0 radical (unpaired) electrons. The molecule has 2 aromatic heterocycles. The van der Waals surface area contributed by atoms with Crippen LogP contribution >= 0.6 is 23.6 Å². The fourth-order valence-corrected chi connectivity index (χ4v) is 5.28. The number of hydrogen-bond acceptors (Lipinski definition) is 3. The minimum atomic E-state index is -0.0261. The normalized spacial score (nSPS) is 12.8. The van der Waals surface area contributed by atoms with Crippen LogP contribution in [0, 0.1) is 4.77 Å². The molecule has 1 aliphatic carbocycles. The van der Waals surface area contributed by atoms with E-state index in [4.69, 9.17) is 12.2 Å². The van der Waals surface area contributed by atoms with Gasteiger partial charge in [-0.05, 0) is 53.9 Å². The van der Waals surface area contributed by atoms with Gasteiger partial charge in [0.05, 0.1) is 11.1 Å². The van der Waals surface area contributed by atoms with E-state index in [-0.39, 0.29) is 5.56 Å². The van der Waals surface area contributed by atoms with Crippen molar-refractivity contribution in [1.29, 1.82) is 0 Å². The summed E-state index contributed by atoms with van der Waals surface area (Å²) in [5.41, 5.74) is 4.52. The lowest BCUT2D eigenvalue weighted by molar-refractivity contribution is 0.926. The number of thiophene rings is 1. The van der Waals surface area contributed by atoms with Gasteiger partial charge in [-0.25, -0.2) is 0 Å². The Morgan fingerprint density at radius 2 is 1.76 bits per heavy atom. The van der Waals surface area contributed by atoms with Crippen LogP contribution in [-0.2, 0) is 12.8 Å². The molecular formula is C20H14N2OS2. The van der Waals surface area contributed by atoms with Crippen LogP contribution in [0.15, 0.2) is 59.4 Å². The average Bonchev–Trinajstić information content (AvgIpc) is 3.01. The van der Waals surface area contributed by atoms with Gasteiger partial charge in [-0.15, -0.1) is 11.3 Å². The minimum absolute atomic E-state index is 0.0261. The van der Waals surface area contributed by atoms with E-state index in [1.54, 1.807) is 15.9 Å². The second-order valence-corrected chi connectivity index (χ2v) is 7.58. The Morgan fingerprint density at radius 1 is 1.00 bits per heavy atom. The van der Waals surface area contributed by atoms with Gasteiger partial charge in [-0.1, -0.05) is 42.5 Å². The summed E-state index contributed by atoms with van der Waals surface area (Å²) < 4.78 is 2.04. The van der Waals surface area contributed by atoms with E-state index in [0.29, 0.717) is 4.77 Å². The van der Waals surface area contributed by atoms with Gasteiger partial charge >= 0.3 is 0 Å². The second-order valence-electron chi connectivity index (χ2n) is 6.18. The summed E-state index contributed by atoms with van der Waals surface area (Å²) >= 11 is 7.12. The fourth-order valence-electron chi connectivity index (χ4n) is 3.62. The molecule has 2 aromatic carbocycles. The van der Waals surface area contributed by atoms with E-state index in [2.05, 4.69) is 29.2 Å². The number of benzene rings is 2. The molecule has 0 saturated carbocycles. The minimum Gasteiger partial charge on any atom is -0.323 e. The van der Waals surface area contributed by atoms with Crippen LogP contribution in [0.4, 0.5) is 0 Å². The molecule has 0 amide bonds. The molecule has 1 N–H and O–H groups in total. The average molecular weight is 362 g/mol. The van der Waals surface area contributed by atoms with E-state index in [1.165, 1.54) is 16.0 Å². The van der Waals surface area contributed by atoms with E-state index in [0.717, 1.165) is 34.3 Å². The van der Waals surface area contributed by atoms with E-state index < -0.39 is 0 Å². The summed E-state index contributed by atoms with van der Waals surface area (Å²) in [6.45, 7) is 0. The van der Waals surface area contributed by atoms with Crippen molar-refractivity contribution in [3.63, 3.8) is 0 Å². The van der Waals surface area contributed by atoms with Crippen molar-refractivity contribution in [2.75, 3.05) is 0 Å². The third-order valence-corrected chi connectivity index (χ3v) is 6.23. The fraction of sp³-hybridized carbons (Fsp3) is 0.100. The summed E-state index contributed by atoms with van der Waals surface area (Å²) in [6.07, 6.45) is 1.86. The van der Waals surface area contributed by atoms with Crippen LogP contribution in [0.3, 0.4) is 0 Å². The zero-order valence-electron chi connectivity index (χ0n) is 13.3. The van der Waals surface area contributed by atoms with Crippen molar-refractivity contribution < 1.29 is 0 Å². The predicted molar refractivity (Wildman–Crippen MR) is 105 cm³/mol. The first kappa shape index (κ1) is 14.8. The highest BCUT2D eigenvalue weighted by atomic mass is 32.1. The van der Waals surface area contributed by atoms with Crippen molar-refractivity contribution >= 4 is 33.8 Å². The lowest BCUT2D eigenvalue weighted by atomic mass is 9.90. The molecule has 5 heteroatoms. The van der Waals surface area contributed by atoms with Crippen molar-refractivity contribution in [2.24, 2.45) is 0 Å². The Balaban J connectivity index is 1.87. The van der Waals surface area contributed by atoms with Gasteiger partial charge < -0.3 is 4.98 Å². The lowest BCUT2D eigenvalue weighted by Crippen LogP contribution is -2.21. The molecule has 2 heterocycles. The van der Waals surface area contributed by atoms with Crippen LogP contribution in [-0.4, -0.2) is 9.55 Å². The molecule has 5 rings (SSSR count). The monoisotopic (exact) mass is 362 g/mol. The number of H-pyrrole nitrogens is 1. The van der Waals surface area contributed by atoms with Gasteiger partial charge in [0.15, 0.2) is 4.77 Å². The smallest absolute Gasteiger partial charge is 0.267 e. The molecule has 3 nitrogen and oxygen atoms in total. The van der Waals surface area contributed by atoms with Crippen molar-refractivity contribution in [1.82, 2.24) is 9.55 Å². The maximum Gasteiger partial charge on any atom is 0.267 e. The Kier molecular flexibility index (Phi) is 3.26. The summed E-state index contributed by atoms with van der Waals surface area (Å²) in [5.74, 6) is 0. The highest BCUT2D eigenvalue weighted by molar-refractivity contribution is 7.71. The lowest BCUT2D eigenvalue weighted by Gasteiger charge is -2.15. The maximum absolute atomic E-state index is 13.3. The number of nitrogens with one attached hydrogen (secondary N) is 1. The Hall–Kier alpha value is -2.50. The number of hydrogen-bond donors (Lipinski definition) is 1. The first-order valence-corrected chi connectivity index (χ1v) is 9.41. The topological polar surface area (TPSA) is 37.8 Å². The van der Waals surface area contributed by atoms with Gasteiger partial charge in [0, 0.05) is 4.88 Å². The maximum atomic E-state index is 13.3. The van der Waals surface area contributed by atoms with Gasteiger partial charge in [-0.3, -0.25) is 9.36 Å². The van der Waals surface area contributed by atoms with E-state index in [1.807, 2.05) is 30.3 Å². The third kappa shape index (κ3) is 2.16. The van der Waals surface area contributed by atoms with E-state index in [9.17, 15) is 4.79 Å². The molecule has 0 aliphatic heterocycles. The number of para-hydroxylation sites is 1. The number of fused-ring (bicyclic) bond motifs is 5. The van der Waals surface area contributed by atoms with Gasteiger partial charge in [0.25, 0.3) is 5.56 Å². The Morgan fingerprint density at radius 3 is 2.60 bits per heavy atom. The Bertz CT molecular complexity index is 1230. The molecule has 1 aliphatic rings. The number of aromatic amines is 1. The standard InChI is InChI=1S/C20H14N2OS2/c23-19-16-15-11-10-12-6-4-5-9-14(12)17(15)25-18(16)21-20(24)22(19)13-7-2-1-3-8-13/h1-9H,10-11H2,(H,21,24). The van der Waals surface area contributed by atoms with Gasteiger partial charge in [0.2, 0.25) is 0 Å². The second kappa shape index (κ2) is 5.51. The summed E-state index contributed by atoms with van der Waals surface area (Å²) in [4.78, 5) is 18.6. The van der Waals surface area contributed by atoms with Crippen LogP contribution in [0.2, 0.25) is 0 Å². The van der Waals surface area contributed by atoms with Gasteiger partial charge in [-0.2, -0.15) is 0 Å². The Labute approximate surface area is 153 Å². The first-order chi connectivity index (χ1) is 12.2. The predicted octanol–water partition coefficient (Wildman–Crippen LogP) is 4.88. The molecule has 25 heavy (non-hydrogen) atoms. The van der Waals surface area contributed by atoms with Gasteiger partial charge in [0.1, 0.15) is 4.83 Å². The summed E-state index contributed by atoms with van der Waals surface area (Å²) in [6, 6.07) is 18.0. The molecule has 122 valence electrons. The molecule has 0 spiro atoms. The van der Waals surface area contributed by atoms with Crippen molar-refractivity contribution in [3.8, 4) is 16.1 Å². The number of aryl methyl sites for hydroxylation is 2. The van der Waals surface area contributed by atoms with Crippen LogP contribution in [0.25, 0.3) is 26.3 Å². The van der Waals surface area contributed by atoms with Crippen molar-refractivity contribution in [3.05, 3.63) is 80.8 Å². The first-order valence-electron chi connectivity index (χ1n) is 8.18. The molecule has 4 aromatic rings. The zero-order chi connectivity index (χ0) is 17.0. The SMILES string of the molecule is O=c1c2c3c(sc2[nH]c(=S)n1-c1ccccc1)-c1ccccc1CC3. The molecule has 0 atom stereocenters. The van der Waals surface area contributed by atoms with Crippen LogP contribution < -0.4 is 5.56 Å². The van der Waals surface area contributed by atoms with E-state index >= 15 is 0 Å². The quantitative estimate of drug-likeness (QED) is 0.490. The largest absolute Gasteiger partial charge is 0.323 e. The van der Waals surface area contributed by atoms with Crippen LogP contribution in [0.5, 0.6) is 0 Å². The highest BCUT2D eigenvalue weighted by Gasteiger charge is 2.23. The molecule has 0 bridgehead atoms. The molecule has 0 saturated heterocycles. The molecule has 0 unspecified atom stereocenters. The zero-order valence-corrected chi connectivity index (χ0v) is 14.9.